The van der Waals surface area contributed by atoms with Crippen LogP contribution in [0, 0.1) is 19.3 Å². The Kier molecular flexibility index (Phi) is 3.52. The first-order chi connectivity index (χ1) is 8.45. The van der Waals surface area contributed by atoms with Crippen LogP contribution >= 0.6 is 11.3 Å². The minimum Gasteiger partial charge on any atom is -0.480 e. The van der Waals surface area contributed by atoms with Gasteiger partial charge in [0.1, 0.15) is 5.41 Å². The van der Waals surface area contributed by atoms with Crippen LogP contribution in [0.2, 0.25) is 0 Å². The molecule has 1 N–H and O–H groups in total. The van der Waals surface area contributed by atoms with E-state index in [-0.39, 0.29) is 12.2 Å². The Balaban J connectivity index is 2.31. The Hall–Kier alpha value is -1.23. The molecule has 0 saturated heterocycles. The zero-order chi connectivity index (χ0) is 13.3. The van der Waals surface area contributed by atoms with E-state index < -0.39 is 11.4 Å². The predicted molar refractivity (Wildman–Crippen MR) is 68.8 cm³/mol. The second-order valence-electron chi connectivity index (χ2n) is 4.94. The van der Waals surface area contributed by atoms with Crippen molar-refractivity contribution in [3.05, 3.63) is 15.6 Å². The van der Waals surface area contributed by atoms with Crippen molar-refractivity contribution in [2.24, 2.45) is 5.41 Å². The van der Waals surface area contributed by atoms with E-state index in [9.17, 15) is 14.7 Å². The highest BCUT2D eigenvalue weighted by Crippen LogP contribution is 2.38. The van der Waals surface area contributed by atoms with Gasteiger partial charge in [-0.2, -0.15) is 0 Å². The molecule has 0 bridgehead atoms. The van der Waals surface area contributed by atoms with Crippen molar-refractivity contribution in [2.45, 2.75) is 46.0 Å². The summed E-state index contributed by atoms with van der Waals surface area (Å²) in [5.74, 6) is -1.12. The maximum atomic E-state index is 12.0. The molecule has 0 aliphatic heterocycles. The molecule has 1 aromatic heterocycles. The number of carbonyl (C=O) groups is 2. The highest BCUT2D eigenvalue weighted by molar-refractivity contribution is 7.11. The van der Waals surface area contributed by atoms with Crippen molar-refractivity contribution in [1.29, 1.82) is 0 Å². The topological polar surface area (TPSA) is 67.3 Å². The number of aryl methyl sites for hydroxylation is 2. The second-order valence-corrected chi connectivity index (χ2v) is 6.23. The van der Waals surface area contributed by atoms with Gasteiger partial charge in [-0.3, -0.25) is 9.59 Å². The largest absolute Gasteiger partial charge is 0.480 e. The molecule has 2 rings (SSSR count). The summed E-state index contributed by atoms with van der Waals surface area (Å²) in [6.07, 6.45) is 2.69. The zero-order valence-corrected chi connectivity index (χ0v) is 11.5. The summed E-state index contributed by atoms with van der Waals surface area (Å²) >= 11 is 1.50. The number of hydrogen-bond donors (Lipinski definition) is 1. The number of rotatable bonds is 3. The Morgan fingerprint density at radius 3 is 2.67 bits per heavy atom. The van der Waals surface area contributed by atoms with E-state index in [0.717, 1.165) is 28.4 Å². The van der Waals surface area contributed by atoms with E-state index in [0.29, 0.717) is 12.8 Å². The first-order valence-corrected chi connectivity index (χ1v) is 6.97. The number of carbonyl (C=O) groups excluding carboxylic acids is 1. The lowest BCUT2D eigenvalue weighted by molar-refractivity contribution is -0.157. The summed E-state index contributed by atoms with van der Waals surface area (Å²) in [5.41, 5.74) is -0.298. The number of Topliss-reactive ketones (excluding diaryl/α,β-unsaturated/α-hetero) is 1. The normalized spacial score (nSPS) is 24.2. The van der Waals surface area contributed by atoms with Gasteiger partial charge < -0.3 is 5.11 Å². The van der Waals surface area contributed by atoms with Crippen LogP contribution in [-0.2, 0) is 16.0 Å². The van der Waals surface area contributed by atoms with Crippen LogP contribution in [-0.4, -0.2) is 21.8 Å². The fourth-order valence-electron chi connectivity index (χ4n) is 2.45. The molecule has 1 aliphatic rings. The number of aromatic nitrogens is 1. The fraction of sp³-hybridized carbons (Fsp3) is 0.615. The van der Waals surface area contributed by atoms with Crippen LogP contribution in [0.1, 0.15) is 41.3 Å². The number of thiazole rings is 1. The summed E-state index contributed by atoms with van der Waals surface area (Å²) in [6, 6.07) is 0. The molecule has 0 spiro atoms. The molecule has 1 atom stereocenters. The first-order valence-electron chi connectivity index (χ1n) is 6.15. The average molecular weight is 267 g/mol. The van der Waals surface area contributed by atoms with Crippen molar-refractivity contribution in [1.82, 2.24) is 4.98 Å². The van der Waals surface area contributed by atoms with Gasteiger partial charge in [-0.1, -0.05) is 6.42 Å². The molecule has 0 aromatic carbocycles. The van der Waals surface area contributed by atoms with E-state index in [4.69, 9.17) is 0 Å². The Labute approximate surface area is 110 Å². The smallest absolute Gasteiger partial charge is 0.317 e. The monoisotopic (exact) mass is 267 g/mol. The molecule has 1 heterocycles. The van der Waals surface area contributed by atoms with Gasteiger partial charge in [-0.05, 0) is 26.7 Å². The second kappa shape index (κ2) is 4.80. The molecule has 0 amide bonds. The summed E-state index contributed by atoms with van der Waals surface area (Å²) in [7, 11) is 0. The number of nitrogens with zero attached hydrogens (tertiary/aromatic N) is 1. The minimum atomic E-state index is -1.23. The number of carboxylic acids is 1. The quantitative estimate of drug-likeness (QED) is 0.854. The van der Waals surface area contributed by atoms with Crippen molar-refractivity contribution >= 4 is 23.1 Å². The first kappa shape index (κ1) is 13.2. The number of carboxylic acid groups (broad SMARTS) is 1. The predicted octanol–water partition coefficient (Wildman–Crippen LogP) is 2.52. The molecule has 1 aromatic rings. The van der Waals surface area contributed by atoms with E-state index in [1.165, 1.54) is 11.3 Å². The Bertz CT molecular complexity index is 475. The van der Waals surface area contributed by atoms with Crippen LogP contribution in [0.15, 0.2) is 0 Å². The van der Waals surface area contributed by atoms with E-state index in [1.807, 2.05) is 13.8 Å². The van der Waals surface area contributed by atoms with Crippen LogP contribution in [0.5, 0.6) is 0 Å². The summed E-state index contributed by atoms with van der Waals surface area (Å²) < 4.78 is 0. The Morgan fingerprint density at radius 2 is 2.17 bits per heavy atom. The van der Waals surface area contributed by atoms with Gasteiger partial charge in [0.2, 0.25) is 0 Å². The molecule has 4 nitrogen and oxygen atoms in total. The van der Waals surface area contributed by atoms with E-state index in [1.54, 1.807) is 0 Å². The van der Waals surface area contributed by atoms with Crippen LogP contribution in [0.25, 0.3) is 0 Å². The van der Waals surface area contributed by atoms with E-state index in [2.05, 4.69) is 4.98 Å². The zero-order valence-electron chi connectivity index (χ0n) is 10.7. The van der Waals surface area contributed by atoms with Gasteiger partial charge in [-0.15, -0.1) is 11.3 Å². The number of ketones is 1. The lowest BCUT2D eigenvalue weighted by Gasteiger charge is -2.30. The maximum absolute atomic E-state index is 12.0. The summed E-state index contributed by atoms with van der Waals surface area (Å²) in [4.78, 5) is 29.0. The summed E-state index contributed by atoms with van der Waals surface area (Å²) in [5, 5.41) is 10.2. The van der Waals surface area contributed by atoms with Crippen molar-refractivity contribution < 1.29 is 14.7 Å². The molecule has 18 heavy (non-hydrogen) atoms. The van der Waals surface area contributed by atoms with Crippen LogP contribution in [0.3, 0.4) is 0 Å². The maximum Gasteiger partial charge on any atom is 0.317 e. The molecule has 1 fully saturated rings. The highest BCUT2D eigenvalue weighted by atomic mass is 32.1. The van der Waals surface area contributed by atoms with Gasteiger partial charge in [0.25, 0.3) is 0 Å². The standard InChI is InChI=1S/C13H17NO3S/c1-8-9(2)18-11(14-8)7-13(12(16)17)6-4-3-5-10(13)15/h3-7H2,1-2H3,(H,16,17). The number of hydrogen-bond acceptors (Lipinski definition) is 4. The van der Waals surface area contributed by atoms with Gasteiger partial charge >= 0.3 is 5.97 Å². The molecule has 1 unspecified atom stereocenters. The molecule has 98 valence electrons. The van der Waals surface area contributed by atoms with Crippen molar-refractivity contribution in [3.8, 4) is 0 Å². The SMILES string of the molecule is Cc1nc(CC2(C(=O)O)CCCCC2=O)sc1C. The third-order valence-corrected chi connectivity index (χ3v) is 4.80. The lowest BCUT2D eigenvalue weighted by atomic mass is 9.71. The molecular formula is C13H17NO3S. The van der Waals surface area contributed by atoms with Crippen LogP contribution < -0.4 is 0 Å². The van der Waals surface area contributed by atoms with Gasteiger partial charge in [0.05, 0.1) is 10.7 Å². The molecular weight excluding hydrogens is 250 g/mol. The molecule has 1 aliphatic carbocycles. The fourth-order valence-corrected chi connectivity index (χ4v) is 3.50. The third-order valence-electron chi connectivity index (χ3n) is 3.73. The lowest BCUT2D eigenvalue weighted by Crippen LogP contribution is -2.43. The van der Waals surface area contributed by atoms with Crippen molar-refractivity contribution in [3.63, 3.8) is 0 Å². The Morgan fingerprint density at radius 1 is 1.44 bits per heavy atom. The minimum absolute atomic E-state index is 0.133. The van der Waals surface area contributed by atoms with Gasteiger partial charge in [0.15, 0.2) is 5.78 Å². The third kappa shape index (κ3) is 2.19. The van der Waals surface area contributed by atoms with E-state index >= 15 is 0 Å². The van der Waals surface area contributed by atoms with Gasteiger partial charge in [-0.25, -0.2) is 4.98 Å². The molecule has 0 radical (unpaired) electrons. The van der Waals surface area contributed by atoms with Crippen LogP contribution in [0.4, 0.5) is 0 Å². The summed E-state index contributed by atoms with van der Waals surface area (Å²) in [6.45, 7) is 3.87. The van der Waals surface area contributed by atoms with Gasteiger partial charge in [0, 0.05) is 17.7 Å². The molecule has 1 saturated carbocycles. The highest BCUT2D eigenvalue weighted by Gasteiger charge is 2.47. The average Bonchev–Trinajstić information content (AvgIpc) is 2.61. The number of aliphatic carboxylic acids is 1. The molecule has 5 heteroatoms. The van der Waals surface area contributed by atoms with Crippen molar-refractivity contribution in [2.75, 3.05) is 0 Å².